The molecule has 11 heteroatoms. The Morgan fingerprint density at radius 2 is 2.08 bits per heavy atom. The van der Waals surface area contributed by atoms with E-state index in [1.807, 2.05) is 38.1 Å². The van der Waals surface area contributed by atoms with Crippen LogP contribution in [-0.2, 0) is 30.5 Å². The number of aliphatic hydroxyl groups excluding tert-OH is 1. The number of nitrogens with zero attached hydrogens (tertiary/aromatic N) is 5. The van der Waals surface area contributed by atoms with Gasteiger partial charge in [-0.1, -0.05) is 43.3 Å². The van der Waals surface area contributed by atoms with Crippen molar-refractivity contribution in [1.82, 2.24) is 24.8 Å². The summed E-state index contributed by atoms with van der Waals surface area (Å²) < 4.78 is 13.6. The lowest BCUT2D eigenvalue weighted by Gasteiger charge is -2.40. The molecule has 3 aliphatic heterocycles. The first-order valence-corrected chi connectivity index (χ1v) is 13.8. The summed E-state index contributed by atoms with van der Waals surface area (Å²) >= 11 is 0. The minimum Gasteiger partial charge on any atom is -0.465 e. The number of aromatic nitrogens is 3. The average Bonchev–Trinajstić information content (AvgIpc) is 3.68. The monoisotopic (exact) mass is 551 g/mol. The summed E-state index contributed by atoms with van der Waals surface area (Å²) in [6, 6.07) is 5.78. The van der Waals surface area contributed by atoms with Gasteiger partial charge < -0.3 is 24.4 Å². The number of fused-ring (bicyclic) bond motifs is 2. The van der Waals surface area contributed by atoms with Gasteiger partial charge in [-0.3, -0.25) is 14.4 Å². The van der Waals surface area contributed by atoms with Gasteiger partial charge in [0.25, 0.3) is 0 Å². The summed E-state index contributed by atoms with van der Waals surface area (Å²) in [5, 5.41) is 18.8. The highest BCUT2D eigenvalue weighted by atomic mass is 16.6. The first kappa shape index (κ1) is 28.0. The summed E-state index contributed by atoms with van der Waals surface area (Å²) in [4.78, 5) is 45.0. The van der Waals surface area contributed by atoms with Crippen LogP contribution in [0.5, 0.6) is 0 Å². The minimum absolute atomic E-state index is 0.0760. The molecule has 2 amide bonds. The van der Waals surface area contributed by atoms with Gasteiger partial charge in [0.2, 0.25) is 11.8 Å². The second kappa shape index (κ2) is 11.1. The second-order valence-electron chi connectivity index (χ2n) is 11.1. The van der Waals surface area contributed by atoms with Crippen molar-refractivity contribution in [2.24, 2.45) is 17.8 Å². The van der Waals surface area contributed by atoms with Gasteiger partial charge in [0.1, 0.15) is 23.8 Å². The molecule has 5 rings (SSSR count). The number of hydrogen-bond donors (Lipinski definition) is 1. The van der Waals surface area contributed by atoms with Gasteiger partial charge in [-0.15, -0.1) is 18.3 Å². The Morgan fingerprint density at radius 3 is 2.77 bits per heavy atom. The molecule has 11 nitrogen and oxygen atoms in total. The largest absolute Gasteiger partial charge is 0.465 e. The van der Waals surface area contributed by atoms with Crippen molar-refractivity contribution < 1.29 is 29.0 Å². The Balaban J connectivity index is 1.53. The van der Waals surface area contributed by atoms with E-state index in [4.69, 9.17) is 9.47 Å². The number of para-hydroxylation sites is 1. The van der Waals surface area contributed by atoms with Crippen LogP contribution in [0.4, 0.5) is 0 Å². The molecule has 3 aliphatic rings. The Morgan fingerprint density at radius 1 is 1.30 bits per heavy atom. The van der Waals surface area contributed by atoms with E-state index in [0.717, 1.165) is 5.52 Å². The Labute approximate surface area is 233 Å². The normalized spacial score (nSPS) is 27.7. The van der Waals surface area contributed by atoms with Crippen molar-refractivity contribution >= 4 is 28.8 Å². The molecule has 0 radical (unpaired) electrons. The van der Waals surface area contributed by atoms with Crippen molar-refractivity contribution in [3.63, 3.8) is 0 Å². The van der Waals surface area contributed by atoms with Gasteiger partial charge in [0.05, 0.1) is 42.7 Å². The number of esters is 1. The third kappa shape index (κ3) is 4.41. The number of carbonyl (C=O) groups is 3. The molecule has 4 heterocycles. The molecule has 1 spiro atoms. The number of carbonyl (C=O) groups excluding carboxylic acids is 3. The van der Waals surface area contributed by atoms with Crippen LogP contribution in [0.15, 0.2) is 49.6 Å². The predicted molar refractivity (Wildman–Crippen MR) is 145 cm³/mol. The first-order chi connectivity index (χ1) is 19.3. The van der Waals surface area contributed by atoms with Gasteiger partial charge in [-0.05, 0) is 37.3 Å². The Bertz CT molecular complexity index is 1310. The van der Waals surface area contributed by atoms with E-state index in [-0.39, 0.29) is 44.2 Å². The van der Waals surface area contributed by atoms with Crippen LogP contribution in [0.1, 0.15) is 33.1 Å². The summed E-state index contributed by atoms with van der Waals surface area (Å²) in [6.07, 6.45) is 4.23. The predicted octanol–water partition coefficient (Wildman–Crippen LogP) is 1.91. The summed E-state index contributed by atoms with van der Waals surface area (Å²) in [5.74, 6) is -3.05. The van der Waals surface area contributed by atoms with Crippen molar-refractivity contribution in [1.29, 1.82) is 0 Å². The molecule has 6 atom stereocenters. The molecule has 0 saturated carbocycles. The fourth-order valence-electron chi connectivity index (χ4n) is 6.68. The highest BCUT2D eigenvalue weighted by Crippen LogP contribution is 2.59. The zero-order chi connectivity index (χ0) is 28.6. The van der Waals surface area contributed by atoms with Gasteiger partial charge in [-0.25, -0.2) is 4.68 Å². The van der Waals surface area contributed by atoms with Crippen LogP contribution in [0.2, 0.25) is 0 Å². The molecule has 2 aromatic rings. The molecule has 40 heavy (non-hydrogen) atoms. The maximum atomic E-state index is 14.5. The first-order valence-electron chi connectivity index (χ1n) is 13.8. The van der Waals surface area contributed by atoms with Gasteiger partial charge >= 0.3 is 5.97 Å². The second-order valence-corrected chi connectivity index (χ2v) is 11.1. The molecule has 2 bridgehead atoms. The third-order valence-electron chi connectivity index (χ3n) is 8.51. The van der Waals surface area contributed by atoms with Crippen molar-refractivity contribution in [3.05, 3.63) is 49.6 Å². The number of hydrogen-bond acceptors (Lipinski definition) is 8. The van der Waals surface area contributed by atoms with Crippen LogP contribution in [-0.4, -0.2) is 91.2 Å². The van der Waals surface area contributed by atoms with E-state index in [1.165, 1.54) is 4.90 Å². The quantitative estimate of drug-likeness (QED) is 0.241. The Kier molecular flexibility index (Phi) is 7.78. The molecular weight excluding hydrogens is 514 g/mol. The zero-order valence-corrected chi connectivity index (χ0v) is 23.0. The summed E-state index contributed by atoms with van der Waals surface area (Å²) in [5.41, 5.74) is 0.253. The molecule has 0 aliphatic carbocycles. The van der Waals surface area contributed by atoms with Gasteiger partial charge in [0, 0.05) is 6.54 Å². The number of aliphatic hydroxyl groups is 1. The van der Waals surface area contributed by atoms with Crippen LogP contribution < -0.4 is 0 Å². The number of amides is 2. The molecule has 2 unspecified atom stereocenters. The van der Waals surface area contributed by atoms with Crippen molar-refractivity contribution in [3.8, 4) is 0 Å². The SMILES string of the molecule is C=CCCOC(=O)[C@@H]1[C@H]2C(=O)N([C@@H](CO)C(C)C)C(C(=O)N(CC=C)Cn3nnc4ccccc43)C23CC[C@H]1O3. The number of benzene rings is 1. The lowest BCUT2D eigenvalue weighted by atomic mass is 9.70. The van der Waals surface area contributed by atoms with Crippen molar-refractivity contribution in [2.45, 2.75) is 63.6 Å². The highest BCUT2D eigenvalue weighted by Gasteiger charge is 2.75. The van der Waals surface area contributed by atoms with Crippen LogP contribution in [0, 0.1) is 17.8 Å². The van der Waals surface area contributed by atoms with E-state index >= 15 is 0 Å². The number of rotatable bonds is 12. The van der Waals surface area contributed by atoms with Gasteiger partial charge in [0.15, 0.2) is 0 Å². The average molecular weight is 552 g/mol. The van der Waals surface area contributed by atoms with E-state index in [9.17, 15) is 19.5 Å². The topological polar surface area (TPSA) is 127 Å². The van der Waals surface area contributed by atoms with E-state index < -0.39 is 41.6 Å². The fraction of sp³-hybridized carbons (Fsp3) is 0.552. The molecule has 1 aromatic heterocycles. The zero-order valence-electron chi connectivity index (χ0n) is 23.0. The van der Waals surface area contributed by atoms with E-state index in [1.54, 1.807) is 21.7 Å². The molecule has 1 aromatic carbocycles. The van der Waals surface area contributed by atoms with Crippen molar-refractivity contribution in [2.75, 3.05) is 19.8 Å². The van der Waals surface area contributed by atoms with E-state index in [0.29, 0.717) is 24.8 Å². The smallest absolute Gasteiger partial charge is 0.312 e. The minimum atomic E-state index is -1.20. The number of likely N-dealkylation sites (tertiary alicyclic amines) is 1. The van der Waals surface area contributed by atoms with Crippen LogP contribution in [0.25, 0.3) is 11.0 Å². The Hall–Kier alpha value is -3.57. The van der Waals surface area contributed by atoms with Crippen LogP contribution in [0.3, 0.4) is 0 Å². The molecule has 3 saturated heterocycles. The van der Waals surface area contributed by atoms with E-state index in [2.05, 4.69) is 23.5 Å². The summed E-state index contributed by atoms with van der Waals surface area (Å²) in [7, 11) is 0. The maximum absolute atomic E-state index is 14.5. The molecule has 1 N–H and O–H groups in total. The maximum Gasteiger partial charge on any atom is 0.312 e. The molecule has 3 fully saturated rings. The number of ether oxygens (including phenoxy) is 2. The molecule has 214 valence electrons. The fourth-order valence-corrected chi connectivity index (χ4v) is 6.68. The van der Waals surface area contributed by atoms with Crippen LogP contribution >= 0.6 is 0 Å². The summed E-state index contributed by atoms with van der Waals surface area (Å²) in [6.45, 7) is 11.4. The third-order valence-corrected chi connectivity index (χ3v) is 8.51. The van der Waals surface area contributed by atoms with Gasteiger partial charge in [-0.2, -0.15) is 0 Å². The lowest BCUT2D eigenvalue weighted by Crippen LogP contribution is -2.59. The molecular formula is C29H37N5O6. The lowest BCUT2D eigenvalue weighted by molar-refractivity contribution is -0.157. The standard InChI is InChI=1S/C29H37N5O6/c1-5-7-15-39-28(38)23-22-12-13-29(40-22)24(23)26(36)34(21(16-35)18(3)4)25(29)27(37)32(14-6-2)17-33-20-11-9-8-10-19(20)30-31-33/h5-6,8-11,18,21-25,35H,1-2,7,12-17H2,3-4H3/t21-,22+,23-,24-,25?,29?/m0/s1. The highest BCUT2D eigenvalue weighted by molar-refractivity contribution is 5.98.